The predicted molar refractivity (Wildman–Crippen MR) is 202 cm³/mol. The number of hydrogen-bond donors (Lipinski definition) is 0. The topological polar surface area (TPSA) is 3.24 Å². The van der Waals surface area contributed by atoms with Gasteiger partial charge in [0, 0.05) is 16.6 Å². The predicted octanol–water partition coefficient (Wildman–Crippen LogP) is 13.1. The van der Waals surface area contributed by atoms with Gasteiger partial charge in [0.05, 0.1) is 11.4 Å². The quantitative estimate of drug-likeness (QED) is 0.178. The van der Waals surface area contributed by atoms with Crippen LogP contribution in [0.3, 0.4) is 0 Å². The Hall–Kier alpha value is -6.18. The van der Waals surface area contributed by atoms with Gasteiger partial charge in [0.2, 0.25) is 0 Å². The first-order valence-electron chi connectivity index (χ1n) is 16.2. The van der Waals surface area contributed by atoms with Gasteiger partial charge in [-0.05, 0) is 84.7 Å². The zero-order chi connectivity index (χ0) is 31.2. The molecule has 9 aromatic rings. The van der Waals surface area contributed by atoms with Crippen molar-refractivity contribution in [2.24, 2.45) is 0 Å². The minimum atomic E-state index is 1.11. The van der Waals surface area contributed by atoms with Crippen molar-refractivity contribution in [1.82, 2.24) is 0 Å². The minimum Gasteiger partial charge on any atom is -0.309 e. The second-order valence-corrected chi connectivity index (χ2v) is 12.2. The van der Waals surface area contributed by atoms with Crippen LogP contribution in [-0.4, -0.2) is 0 Å². The maximum absolute atomic E-state index is 2.44. The summed E-state index contributed by atoms with van der Waals surface area (Å²) in [6.07, 6.45) is 0. The van der Waals surface area contributed by atoms with Gasteiger partial charge in [-0.15, -0.1) is 0 Å². The summed E-state index contributed by atoms with van der Waals surface area (Å²) >= 11 is 0. The van der Waals surface area contributed by atoms with E-state index < -0.39 is 0 Å². The summed E-state index contributed by atoms with van der Waals surface area (Å²) < 4.78 is 0. The third-order valence-corrected chi connectivity index (χ3v) is 9.42. The number of benzene rings is 9. The lowest BCUT2D eigenvalue weighted by molar-refractivity contribution is 1.30. The summed E-state index contributed by atoms with van der Waals surface area (Å²) in [5.74, 6) is 0. The van der Waals surface area contributed by atoms with E-state index in [4.69, 9.17) is 0 Å². The first-order chi connectivity index (χ1) is 23.3. The normalized spacial score (nSPS) is 11.4. The lowest BCUT2D eigenvalue weighted by atomic mass is 9.96. The van der Waals surface area contributed by atoms with Gasteiger partial charge in [-0.3, -0.25) is 0 Å². The standard InChI is InChI=1S/C46H31N/c1-2-12-33(13-3-1)41-18-10-11-21-45(41)47(46-31-37-15-5-7-17-40(37)42-19-8-9-20-43(42)46)38-28-26-32(27-29-38)36-25-24-35-23-22-34-14-4-6-16-39(34)44(35)30-36/h1-31H. The Morgan fingerprint density at radius 1 is 0.277 bits per heavy atom. The zero-order valence-electron chi connectivity index (χ0n) is 25.8. The molecule has 1 nitrogen and oxygen atoms in total. The molecule has 0 saturated carbocycles. The van der Waals surface area contributed by atoms with E-state index in [0.717, 1.165) is 17.1 Å². The molecular formula is C46H31N. The first-order valence-corrected chi connectivity index (χ1v) is 16.2. The maximum atomic E-state index is 2.44. The molecule has 220 valence electrons. The van der Waals surface area contributed by atoms with Crippen LogP contribution in [0.1, 0.15) is 0 Å². The molecule has 9 rings (SSSR count). The molecule has 47 heavy (non-hydrogen) atoms. The van der Waals surface area contributed by atoms with Crippen molar-refractivity contribution >= 4 is 60.2 Å². The lowest BCUT2D eigenvalue weighted by Gasteiger charge is -2.29. The van der Waals surface area contributed by atoms with Crippen molar-refractivity contribution in [3.63, 3.8) is 0 Å². The third kappa shape index (κ3) is 4.72. The fraction of sp³-hybridized carbons (Fsp3) is 0. The van der Waals surface area contributed by atoms with Crippen LogP contribution in [0.15, 0.2) is 188 Å². The fourth-order valence-corrected chi connectivity index (χ4v) is 7.14. The molecule has 0 saturated heterocycles. The molecule has 0 radical (unpaired) electrons. The van der Waals surface area contributed by atoms with Gasteiger partial charge in [0.15, 0.2) is 0 Å². The highest BCUT2D eigenvalue weighted by molar-refractivity contribution is 6.15. The van der Waals surface area contributed by atoms with Crippen molar-refractivity contribution in [2.45, 2.75) is 0 Å². The summed E-state index contributed by atoms with van der Waals surface area (Å²) in [4.78, 5) is 2.44. The van der Waals surface area contributed by atoms with Crippen LogP contribution < -0.4 is 4.90 Å². The molecule has 0 atom stereocenters. The van der Waals surface area contributed by atoms with E-state index in [-0.39, 0.29) is 0 Å². The van der Waals surface area contributed by atoms with Crippen molar-refractivity contribution in [1.29, 1.82) is 0 Å². The highest BCUT2D eigenvalue weighted by Crippen LogP contribution is 2.45. The molecule has 1 heteroatoms. The Kier molecular flexibility index (Phi) is 6.54. The van der Waals surface area contributed by atoms with Crippen molar-refractivity contribution in [3.05, 3.63) is 188 Å². The van der Waals surface area contributed by atoms with Gasteiger partial charge < -0.3 is 4.90 Å². The molecule has 0 aliphatic heterocycles. The van der Waals surface area contributed by atoms with Crippen LogP contribution in [0.4, 0.5) is 17.1 Å². The van der Waals surface area contributed by atoms with Gasteiger partial charge in [-0.1, -0.05) is 158 Å². The van der Waals surface area contributed by atoms with E-state index in [1.807, 2.05) is 0 Å². The highest BCUT2D eigenvalue weighted by atomic mass is 15.1. The molecule has 0 heterocycles. The van der Waals surface area contributed by atoms with Crippen LogP contribution >= 0.6 is 0 Å². The number of anilines is 3. The van der Waals surface area contributed by atoms with Crippen LogP contribution in [0.5, 0.6) is 0 Å². The number of hydrogen-bond acceptors (Lipinski definition) is 1. The summed E-state index contributed by atoms with van der Waals surface area (Å²) in [7, 11) is 0. The van der Waals surface area contributed by atoms with Gasteiger partial charge >= 0.3 is 0 Å². The van der Waals surface area contributed by atoms with E-state index in [1.165, 1.54) is 65.3 Å². The Labute approximate surface area is 274 Å². The van der Waals surface area contributed by atoms with E-state index in [0.29, 0.717) is 0 Å². The van der Waals surface area contributed by atoms with Crippen molar-refractivity contribution < 1.29 is 0 Å². The Morgan fingerprint density at radius 2 is 0.830 bits per heavy atom. The summed E-state index contributed by atoms with van der Waals surface area (Å²) in [5.41, 5.74) is 8.21. The number of fused-ring (bicyclic) bond motifs is 6. The molecular weight excluding hydrogens is 567 g/mol. The van der Waals surface area contributed by atoms with Crippen LogP contribution in [0.2, 0.25) is 0 Å². The zero-order valence-corrected chi connectivity index (χ0v) is 25.8. The average Bonchev–Trinajstić information content (AvgIpc) is 3.15. The summed E-state index contributed by atoms with van der Waals surface area (Å²) in [6.45, 7) is 0. The lowest BCUT2D eigenvalue weighted by Crippen LogP contribution is -2.12. The Morgan fingerprint density at radius 3 is 1.62 bits per heavy atom. The Bertz CT molecular complexity index is 2560. The van der Waals surface area contributed by atoms with Gasteiger partial charge in [-0.25, -0.2) is 0 Å². The largest absolute Gasteiger partial charge is 0.309 e. The van der Waals surface area contributed by atoms with Crippen LogP contribution in [0, 0.1) is 0 Å². The fourth-order valence-electron chi connectivity index (χ4n) is 7.14. The van der Waals surface area contributed by atoms with E-state index in [1.54, 1.807) is 0 Å². The third-order valence-electron chi connectivity index (χ3n) is 9.42. The van der Waals surface area contributed by atoms with E-state index in [9.17, 15) is 0 Å². The minimum absolute atomic E-state index is 1.11. The molecule has 0 unspecified atom stereocenters. The maximum Gasteiger partial charge on any atom is 0.0546 e. The van der Waals surface area contributed by atoms with Crippen molar-refractivity contribution in [3.8, 4) is 22.3 Å². The Balaban J connectivity index is 1.25. The van der Waals surface area contributed by atoms with Gasteiger partial charge in [0.1, 0.15) is 0 Å². The molecule has 0 amide bonds. The second-order valence-electron chi connectivity index (χ2n) is 12.2. The first kappa shape index (κ1) is 27.2. The highest BCUT2D eigenvalue weighted by Gasteiger charge is 2.20. The molecule has 0 aliphatic carbocycles. The van der Waals surface area contributed by atoms with Crippen molar-refractivity contribution in [2.75, 3.05) is 4.90 Å². The number of nitrogens with zero attached hydrogens (tertiary/aromatic N) is 1. The summed E-state index contributed by atoms with van der Waals surface area (Å²) in [5, 5.41) is 10.1. The molecule has 0 aliphatic rings. The average molecular weight is 598 g/mol. The summed E-state index contributed by atoms with van der Waals surface area (Å²) in [6, 6.07) is 68.3. The second kappa shape index (κ2) is 11.3. The van der Waals surface area contributed by atoms with Gasteiger partial charge in [0.25, 0.3) is 0 Å². The molecule has 0 spiro atoms. The smallest absolute Gasteiger partial charge is 0.0546 e. The van der Waals surface area contributed by atoms with Crippen LogP contribution in [-0.2, 0) is 0 Å². The van der Waals surface area contributed by atoms with E-state index in [2.05, 4.69) is 193 Å². The molecule has 0 aromatic heterocycles. The SMILES string of the molecule is c1ccc(-c2ccccc2N(c2ccc(-c3ccc4ccc5ccccc5c4c3)cc2)c2cc3ccccc3c3ccccc23)cc1. The molecule has 0 bridgehead atoms. The van der Waals surface area contributed by atoms with Gasteiger partial charge in [-0.2, -0.15) is 0 Å². The monoisotopic (exact) mass is 597 g/mol. The number of rotatable bonds is 5. The van der Waals surface area contributed by atoms with Crippen LogP contribution in [0.25, 0.3) is 65.3 Å². The molecule has 0 N–H and O–H groups in total. The molecule has 9 aromatic carbocycles. The number of para-hydroxylation sites is 1. The molecule has 0 fully saturated rings. The van der Waals surface area contributed by atoms with E-state index >= 15 is 0 Å².